The van der Waals surface area contributed by atoms with Crippen molar-refractivity contribution < 1.29 is 5.11 Å². The van der Waals surface area contributed by atoms with E-state index in [0.717, 1.165) is 32.6 Å². The van der Waals surface area contributed by atoms with Crippen LogP contribution in [0.5, 0.6) is 0 Å². The van der Waals surface area contributed by atoms with Gasteiger partial charge in [-0.25, -0.2) is 0 Å². The van der Waals surface area contributed by atoms with Crippen molar-refractivity contribution in [2.45, 2.75) is 53.9 Å². The summed E-state index contributed by atoms with van der Waals surface area (Å²) < 4.78 is 0. The second kappa shape index (κ2) is 24.2. The second-order valence-corrected chi connectivity index (χ2v) is 3.06. The Kier molecular flexibility index (Phi) is 32.1. The molecule has 16 heavy (non-hydrogen) atoms. The number of nitrogens with zero attached hydrogens (tertiary/aromatic N) is 1. The summed E-state index contributed by atoms with van der Waals surface area (Å²) in [5.74, 6) is 0. The summed E-state index contributed by atoms with van der Waals surface area (Å²) in [6, 6.07) is 0. The van der Waals surface area contributed by atoms with Crippen molar-refractivity contribution in [3.63, 3.8) is 0 Å². The molecule has 0 bridgehead atoms. The standard InChI is InChI=1S/C9H22N2O.2C2H6/c1-2-3-6-11(8-9-12)7-4-5-10;2*1-2/h12H,2-10H2,1H3;2*1-2H3. The molecule has 0 unspecified atom stereocenters. The molecular weight excluding hydrogens is 200 g/mol. The molecule has 3 N–H and O–H groups in total. The molecule has 0 radical (unpaired) electrons. The zero-order chi connectivity index (χ0) is 13.2. The van der Waals surface area contributed by atoms with Crippen LogP contribution in [-0.2, 0) is 0 Å². The number of nitrogens with two attached hydrogens (primary N) is 1. The van der Waals surface area contributed by atoms with E-state index in [-0.39, 0.29) is 6.61 Å². The summed E-state index contributed by atoms with van der Waals surface area (Å²) in [6.07, 6.45) is 3.46. The van der Waals surface area contributed by atoms with Gasteiger partial charge in [0, 0.05) is 6.54 Å². The molecule has 0 fully saturated rings. The van der Waals surface area contributed by atoms with E-state index in [1.54, 1.807) is 0 Å². The number of hydrogen-bond acceptors (Lipinski definition) is 3. The lowest BCUT2D eigenvalue weighted by atomic mass is 10.3. The lowest BCUT2D eigenvalue weighted by molar-refractivity contribution is 0.193. The van der Waals surface area contributed by atoms with Gasteiger partial charge < -0.3 is 15.7 Å². The van der Waals surface area contributed by atoms with Crippen molar-refractivity contribution in [1.82, 2.24) is 4.90 Å². The monoisotopic (exact) mass is 234 g/mol. The molecule has 0 aromatic carbocycles. The SMILES string of the molecule is CC.CC.CCCCN(CCO)CCCN. The highest BCUT2D eigenvalue weighted by atomic mass is 16.3. The molecule has 0 saturated heterocycles. The van der Waals surface area contributed by atoms with Crippen LogP contribution in [0.3, 0.4) is 0 Å². The highest BCUT2D eigenvalue weighted by molar-refractivity contribution is 4.57. The molecule has 0 atom stereocenters. The van der Waals surface area contributed by atoms with E-state index in [0.29, 0.717) is 0 Å². The molecule has 0 rings (SSSR count). The van der Waals surface area contributed by atoms with Crippen LogP contribution >= 0.6 is 0 Å². The molecule has 0 aromatic rings. The zero-order valence-electron chi connectivity index (χ0n) is 12.1. The Hall–Kier alpha value is -0.120. The van der Waals surface area contributed by atoms with Crippen LogP contribution in [0.15, 0.2) is 0 Å². The van der Waals surface area contributed by atoms with Crippen LogP contribution in [0.4, 0.5) is 0 Å². The second-order valence-electron chi connectivity index (χ2n) is 3.06. The first-order chi connectivity index (χ1) is 7.85. The maximum Gasteiger partial charge on any atom is 0.0558 e. The molecule has 3 heteroatoms. The van der Waals surface area contributed by atoms with Crippen LogP contribution in [0.2, 0.25) is 0 Å². The number of aliphatic hydroxyl groups excluding tert-OH is 1. The Bertz CT molecular complexity index is 82.0. The lowest BCUT2D eigenvalue weighted by Gasteiger charge is -2.20. The molecule has 0 spiro atoms. The predicted octanol–water partition coefficient (Wildman–Crippen LogP) is 2.48. The first-order valence-corrected chi connectivity index (χ1v) is 6.88. The van der Waals surface area contributed by atoms with E-state index < -0.39 is 0 Å². The van der Waals surface area contributed by atoms with Crippen LogP contribution in [0.25, 0.3) is 0 Å². The van der Waals surface area contributed by atoms with E-state index in [2.05, 4.69) is 11.8 Å². The van der Waals surface area contributed by atoms with Gasteiger partial charge in [0.1, 0.15) is 0 Å². The topological polar surface area (TPSA) is 49.5 Å². The predicted molar refractivity (Wildman–Crippen MR) is 74.8 cm³/mol. The third kappa shape index (κ3) is 19.5. The molecule has 0 aliphatic heterocycles. The van der Waals surface area contributed by atoms with E-state index in [9.17, 15) is 0 Å². The Morgan fingerprint density at radius 3 is 1.81 bits per heavy atom. The Morgan fingerprint density at radius 1 is 0.938 bits per heavy atom. The highest BCUT2D eigenvalue weighted by Gasteiger charge is 2.01. The maximum absolute atomic E-state index is 8.76. The smallest absolute Gasteiger partial charge is 0.0558 e. The third-order valence-electron chi connectivity index (χ3n) is 1.92. The molecule has 3 nitrogen and oxygen atoms in total. The first-order valence-electron chi connectivity index (χ1n) is 6.88. The van der Waals surface area contributed by atoms with Gasteiger partial charge >= 0.3 is 0 Å². The van der Waals surface area contributed by atoms with Crippen LogP contribution in [-0.4, -0.2) is 42.8 Å². The molecule has 0 aliphatic carbocycles. The van der Waals surface area contributed by atoms with E-state index in [1.807, 2.05) is 27.7 Å². The summed E-state index contributed by atoms with van der Waals surface area (Å²) in [5, 5.41) is 8.76. The Balaban J connectivity index is -0.000000376. The average molecular weight is 234 g/mol. The molecule has 102 valence electrons. The van der Waals surface area contributed by atoms with Crippen molar-refractivity contribution in [2.75, 3.05) is 32.8 Å². The van der Waals surface area contributed by atoms with Crippen LogP contribution in [0, 0.1) is 0 Å². The third-order valence-corrected chi connectivity index (χ3v) is 1.92. The van der Waals surface area contributed by atoms with Crippen molar-refractivity contribution >= 4 is 0 Å². The number of aliphatic hydroxyl groups is 1. The van der Waals surface area contributed by atoms with Gasteiger partial charge in [-0.05, 0) is 32.5 Å². The maximum atomic E-state index is 8.76. The summed E-state index contributed by atoms with van der Waals surface area (Å²) in [4.78, 5) is 2.27. The zero-order valence-corrected chi connectivity index (χ0v) is 12.1. The molecule has 0 heterocycles. The fourth-order valence-electron chi connectivity index (χ4n) is 1.17. The number of rotatable bonds is 8. The van der Waals surface area contributed by atoms with Gasteiger partial charge in [0.25, 0.3) is 0 Å². The van der Waals surface area contributed by atoms with Crippen molar-refractivity contribution in [2.24, 2.45) is 5.73 Å². The van der Waals surface area contributed by atoms with Gasteiger partial charge in [-0.2, -0.15) is 0 Å². The average Bonchev–Trinajstić information content (AvgIpc) is 2.37. The van der Waals surface area contributed by atoms with Gasteiger partial charge in [-0.3, -0.25) is 0 Å². The molecule has 0 aliphatic rings. The first kappa shape index (κ1) is 21.2. The molecule has 0 aromatic heterocycles. The van der Waals surface area contributed by atoms with Gasteiger partial charge in [0.15, 0.2) is 0 Å². The highest BCUT2D eigenvalue weighted by Crippen LogP contribution is 1.95. The summed E-state index contributed by atoms with van der Waals surface area (Å²) in [7, 11) is 0. The number of unbranched alkanes of at least 4 members (excludes halogenated alkanes) is 1. The fourth-order valence-corrected chi connectivity index (χ4v) is 1.17. The van der Waals surface area contributed by atoms with Gasteiger partial charge in [-0.15, -0.1) is 0 Å². The normalized spacial score (nSPS) is 9.00. The van der Waals surface area contributed by atoms with E-state index in [1.165, 1.54) is 12.8 Å². The molecule has 0 saturated carbocycles. The van der Waals surface area contributed by atoms with Crippen LogP contribution in [0.1, 0.15) is 53.9 Å². The Labute approximate surface area is 103 Å². The minimum Gasteiger partial charge on any atom is -0.395 e. The number of hydrogen-bond donors (Lipinski definition) is 2. The van der Waals surface area contributed by atoms with Crippen molar-refractivity contribution in [1.29, 1.82) is 0 Å². The Morgan fingerprint density at radius 2 is 1.44 bits per heavy atom. The van der Waals surface area contributed by atoms with Crippen molar-refractivity contribution in [3.05, 3.63) is 0 Å². The van der Waals surface area contributed by atoms with E-state index >= 15 is 0 Å². The summed E-state index contributed by atoms with van der Waals surface area (Å²) >= 11 is 0. The minimum atomic E-state index is 0.258. The fraction of sp³-hybridized carbons (Fsp3) is 1.00. The quantitative estimate of drug-likeness (QED) is 0.678. The minimum absolute atomic E-state index is 0.258. The van der Waals surface area contributed by atoms with Gasteiger partial charge in [0.2, 0.25) is 0 Å². The lowest BCUT2D eigenvalue weighted by Crippen LogP contribution is -2.30. The van der Waals surface area contributed by atoms with Gasteiger partial charge in [-0.1, -0.05) is 41.0 Å². The van der Waals surface area contributed by atoms with E-state index in [4.69, 9.17) is 10.8 Å². The summed E-state index contributed by atoms with van der Waals surface area (Å²) in [6.45, 7) is 14.1. The molecular formula is C13H34N2O. The summed E-state index contributed by atoms with van der Waals surface area (Å²) in [5.41, 5.74) is 5.41. The molecule has 0 amide bonds. The van der Waals surface area contributed by atoms with Gasteiger partial charge in [0.05, 0.1) is 6.61 Å². The van der Waals surface area contributed by atoms with Crippen molar-refractivity contribution in [3.8, 4) is 0 Å². The largest absolute Gasteiger partial charge is 0.395 e. The van der Waals surface area contributed by atoms with Crippen LogP contribution < -0.4 is 5.73 Å².